The third kappa shape index (κ3) is 6.89. The first-order valence-corrected chi connectivity index (χ1v) is 17.5. The number of piperazine rings is 1. The summed E-state index contributed by atoms with van der Waals surface area (Å²) >= 11 is 3.93. The molecule has 2 saturated carbocycles. The normalized spacial score (nSPS) is 39.7. The number of amides is 1. The molecule has 0 spiro atoms. The van der Waals surface area contributed by atoms with Gasteiger partial charge in [-0.3, -0.25) is 19.8 Å². The fourth-order valence-electron chi connectivity index (χ4n) is 8.83. The number of carbonyl (C=O) groups is 2. The average Bonchev–Trinajstić information content (AvgIpc) is 3.59. The summed E-state index contributed by atoms with van der Waals surface area (Å²) < 4.78 is 0. The number of carbonyl (C=O) groups excluding carboxylic acids is 2. The Labute approximate surface area is 253 Å². The second-order valence-electron chi connectivity index (χ2n) is 13.6. The summed E-state index contributed by atoms with van der Waals surface area (Å²) in [6.07, 6.45) is 14.2. The average molecular weight is 622 g/mol. The molecular weight excluding hydrogens is 564 g/mol. The van der Waals surface area contributed by atoms with E-state index in [1.54, 1.807) is 0 Å². The maximum absolute atomic E-state index is 14.1. The van der Waals surface area contributed by atoms with Crippen LogP contribution in [-0.4, -0.2) is 76.3 Å². The van der Waals surface area contributed by atoms with Gasteiger partial charge in [0.1, 0.15) is 0 Å². The monoisotopic (exact) mass is 620 g/mol. The van der Waals surface area contributed by atoms with Crippen molar-refractivity contribution >= 4 is 27.6 Å². The largest absolute Gasteiger partial charge is 0.337 e. The fraction of sp³-hybridized carbons (Fsp3) is 0.879. The minimum Gasteiger partial charge on any atom is -0.337 e. The molecule has 3 saturated heterocycles. The second kappa shape index (κ2) is 14.6. The molecule has 0 aromatic heterocycles. The second-order valence-corrected chi connectivity index (χ2v) is 14.8. The van der Waals surface area contributed by atoms with Gasteiger partial charge in [-0.2, -0.15) is 0 Å². The fourth-order valence-corrected chi connectivity index (χ4v) is 9.69. The number of alkyl halides is 1. The Morgan fingerprint density at radius 2 is 1.75 bits per heavy atom. The number of nitrogens with one attached hydrogen (secondary N) is 2. The van der Waals surface area contributed by atoms with E-state index in [-0.39, 0.29) is 11.7 Å². The van der Waals surface area contributed by atoms with Gasteiger partial charge in [-0.1, -0.05) is 56.6 Å². The smallest absolute Gasteiger partial charge is 0.227 e. The molecule has 7 unspecified atom stereocenters. The molecular formula is C33H57BrN4O2. The number of allylic oxidation sites excluding steroid dienone is 1. The van der Waals surface area contributed by atoms with E-state index in [0.717, 1.165) is 56.7 Å². The topological polar surface area (TPSA) is 64.7 Å². The van der Waals surface area contributed by atoms with Crippen LogP contribution in [0.3, 0.4) is 0 Å². The van der Waals surface area contributed by atoms with Crippen molar-refractivity contribution in [1.29, 1.82) is 0 Å². The van der Waals surface area contributed by atoms with E-state index in [1.807, 2.05) is 0 Å². The number of halogens is 1. The van der Waals surface area contributed by atoms with E-state index < -0.39 is 0 Å². The summed E-state index contributed by atoms with van der Waals surface area (Å²) in [5.74, 6) is 3.76. The molecule has 3 aliphatic heterocycles. The van der Waals surface area contributed by atoms with E-state index in [4.69, 9.17) is 0 Å². The first-order valence-electron chi connectivity index (χ1n) is 16.5. The highest BCUT2D eigenvalue weighted by Crippen LogP contribution is 2.43. The molecule has 2 aliphatic carbocycles. The zero-order chi connectivity index (χ0) is 29.0. The number of fused-ring (bicyclic) bond motifs is 2. The zero-order valence-corrected chi connectivity index (χ0v) is 27.5. The molecule has 0 radical (unpaired) electrons. The Morgan fingerprint density at radius 3 is 2.35 bits per heavy atom. The van der Waals surface area contributed by atoms with E-state index >= 15 is 0 Å². The Bertz CT molecular complexity index is 859. The van der Waals surface area contributed by atoms with Crippen molar-refractivity contribution in [1.82, 2.24) is 20.4 Å². The number of rotatable bonds is 7. The molecule has 6 nitrogen and oxygen atoms in total. The van der Waals surface area contributed by atoms with Gasteiger partial charge in [0.2, 0.25) is 5.91 Å². The molecule has 5 fully saturated rings. The summed E-state index contributed by atoms with van der Waals surface area (Å²) in [5, 5.41) is 7.89. The van der Waals surface area contributed by atoms with Crippen LogP contribution in [0.1, 0.15) is 98.8 Å². The first-order chi connectivity index (χ1) is 19.2. The summed E-state index contributed by atoms with van der Waals surface area (Å²) in [7, 11) is 0. The molecule has 1 amide bonds. The van der Waals surface area contributed by atoms with Crippen molar-refractivity contribution in [2.24, 2.45) is 29.6 Å². The lowest BCUT2D eigenvalue weighted by Gasteiger charge is -2.50. The molecule has 0 bridgehead atoms. The van der Waals surface area contributed by atoms with Crippen LogP contribution in [0.25, 0.3) is 0 Å². The van der Waals surface area contributed by atoms with E-state index in [1.165, 1.54) is 57.9 Å². The van der Waals surface area contributed by atoms with Crippen molar-refractivity contribution in [2.75, 3.05) is 19.6 Å². The van der Waals surface area contributed by atoms with Crippen molar-refractivity contribution in [3.05, 3.63) is 12.7 Å². The van der Waals surface area contributed by atoms with Crippen LogP contribution in [0.5, 0.6) is 0 Å². The van der Waals surface area contributed by atoms with Gasteiger partial charge >= 0.3 is 0 Å². The highest BCUT2D eigenvalue weighted by Gasteiger charge is 2.53. The molecule has 8 atom stereocenters. The molecule has 7 heteroatoms. The molecule has 228 valence electrons. The van der Waals surface area contributed by atoms with E-state index in [0.29, 0.717) is 47.0 Å². The zero-order valence-electron chi connectivity index (χ0n) is 25.9. The number of ketones is 1. The SMILES string of the molecule is C=CC(C)=O.CCCC1NC(C2CCC(C(C)C)CC2)N2CCN(C(=O)C3CCC(Br)C4CCNC34)[C@@H](CC)C12. The standard InChI is InChI=1S/C29H51BrN4O.C4H6O/c1-5-7-24-27-25(6-2)33(29(35)22-12-13-23(30)21-14-15-31-26(21)22)16-17-34(27)28(32-24)20-10-8-19(9-11-20)18(3)4;1-3-4(2)5/h18-28,31-32H,5-17H2,1-4H3;3H,1H2,2H3/t19?,20?,21?,22?,23?,24?,25-,26?,27?,28?;/m0./s1. The molecule has 40 heavy (non-hydrogen) atoms. The van der Waals surface area contributed by atoms with Gasteiger partial charge in [-0.05, 0) is 101 Å². The Morgan fingerprint density at radius 1 is 1.05 bits per heavy atom. The molecule has 2 N–H and O–H groups in total. The van der Waals surface area contributed by atoms with Crippen LogP contribution in [0, 0.1) is 29.6 Å². The highest BCUT2D eigenvalue weighted by atomic mass is 79.9. The Balaban J connectivity index is 0.000000681. The van der Waals surface area contributed by atoms with Gasteiger partial charge in [-0.25, -0.2) is 0 Å². The summed E-state index contributed by atoms with van der Waals surface area (Å²) in [6, 6.07) is 1.71. The van der Waals surface area contributed by atoms with Gasteiger partial charge < -0.3 is 10.2 Å². The highest BCUT2D eigenvalue weighted by molar-refractivity contribution is 9.09. The summed E-state index contributed by atoms with van der Waals surface area (Å²) in [6.45, 7) is 17.2. The quantitative estimate of drug-likeness (QED) is 0.280. The van der Waals surface area contributed by atoms with Gasteiger partial charge in [-0.15, -0.1) is 0 Å². The van der Waals surface area contributed by atoms with E-state index in [9.17, 15) is 9.59 Å². The van der Waals surface area contributed by atoms with Gasteiger partial charge in [0.05, 0.1) is 12.1 Å². The maximum atomic E-state index is 14.1. The summed E-state index contributed by atoms with van der Waals surface area (Å²) in [4.78, 5) is 29.6. The Kier molecular flexibility index (Phi) is 11.7. The van der Waals surface area contributed by atoms with Crippen molar-refractivity contribution < 1.29 is 9.59 Å². The number of hydrogen-bond acceptors (Lipinski definition) is 5. The summed E-state index contributed by atoms with van der Waals surface area (Å²) in [5.41, 5.74) is 0. The molecule has 3 heterocycles. The van der Waals surface area contributed by atoms with Crippen LogP contribution in [0.15, 0.2) is 12.7 Å². The van der Waals surface area contributed by atoms with Crippen molar-refractivity contribution in [3.63, 3.8) is 0 Å². The maximum Gasteiger partial charge on any atom is 0.227 e. The minimum absolute atomic E-state index is 0.0185. The van der Waals surface area contributed by atoms with Crippen molar-refractivity contribution in [3.8, 4) is 0 Å². The lowest BCUT2D eigenvalue weighted by atomic mass is 9.75. The van der Waals surface area contributed by atoms with Crippen LogP contribution in [0.4, 0.5) is 0 Å². The molecule has 0 aromatic carbocycles. The number of nitrogens with zero attached hydrogens (tertiary/aromatic N) is 2. The van der Waals surface area contributed by atoms with Gasteiger partial charge in [0.25, 0.3) is 0 Å². The van der Waals surface area contributed by atoms with Gasteiger partial charge in [0.15, 0.2) is 5.78 Å². The Hall–Kier alpha value is -0.760. The molecule has 5 aliphatic rings. The minimum atomic E-state index is 0.0185. The van der Waals surface area contributed by atoms with Crippen LogP contribution >= 0.6 is 15.9 Å². The third-order valence-electron chi connectivity index (χ3n) is 11.0. The number of hydrogen-bond donors (Lipinski definition) is 2. The van der Waals surface area contributed by atoms with Crippen LogP contribution < -0.4 is 10.6 Å². The lowest BCUT2D eigenvalue weighted by Crippen LogP contribution is -2.64. The predicted octanol–water partition coefficient (Wildman–Crippen LogP) is 5.75. The van der Waals surface area contributed by atoms with Crippen LogP contribution in [-0.2, 0) is 9.59 Å². The third-order valence-corrected chi connectivity index (χ3v) is 12.1. The van der Waals surface area contributed by atoms with Crippen LogP contribution in [0.2, 0.25) is 0 Å². The van der Waals surface area contributed by atoms with Gasteiger partial charge in [0, 0.05) is 42.1 Å². The first kappa shape index (κ1) is 32.2. The molecule has 0 aromatic rings. The molecule has 5 rings (SSSR count). The lowest BCUT2D eigenvalue weighted by molar-refractivity contribution is -0.145. The van der Waals surface area contributed by atoms with E-state index in [2.05, 4.69) is 70.6 Å². The predicted molar refractivity (Wildman–Crippen MR) is 168 cm³/mol. The van der Waals surface area contributed by atoms with Crippen molar-refractivity contribution in [2.45, 2.75) is 134 Å².